The summed E-state index contributed by atoms with van der Waals surface area (Å²) in [4.78, 5) is 16.9. The first kappa shape index (κ1) is 17.5. The molecule has 0 aliphatic heterocycles. The largest absolute Gasteiger partial charge is 0.489 e. The Bertz CT molecular complexity index is 754. The zero-order valence-corrected chi connectivity index (χ0v) is 14.4. The van der Waals surface area contributed by atoms with Crippen molar-refractivity contribution < 1.29 is 14.4 Å². The molecule has 0 radical (unpaired) electrons. The molecule has 0 unspecified atom stereocenters. The van der Waals surface area contributed by atoms with Crippen LogP contribution < -0.4 is 10.1 Å². The molecule has 0 spiro atoms. The summed E-state index contributed by atoms with van der Waals surface area (Å²) in [7, 11) is 2.97. The molecule has 0 aliphatic rings. The quantitative estimate of drug-likeness (QED) is 0.656. The minimum Gasteiger partial charge on any atom is -0.489 e. The van der Waals surface area contributed by atoms with Crippen LogP contribution in [-0.4, -0.2) is 25.8 Å². The number of ether oxygens (including phenoxy) is 1. The molecule has 1 N–H and O–H groups in total. The molecule has 1 amide bonds. The number of nitrogens with zero attached hydrogens (tertiary/aromatic N) is 1. The Morgan fingerprint density at radius 3 is 2.62 bits per heavy atom. The average molecular weight is 326 g/mol. The molecule has 0 heterocycles. The van der Waals surface area contributed by atoms with E-state index in [0.717, 1.165) is 22.4 Å². The van der Waals surface area contributed by atoms with Crippen molar-refractivity contribution in [2.45, 2.75) is 20.5 Å². The highest BCUT2D eigenvalue weighted by Crippen LogP contribution is 2.21. The number of benzene rings is 2. The molecule has 0 saturated heterocycles. The van der Waals surface area contributed by atoms with Gasteiger partial charge in [0.1, 0.15) is 19.5 Å². The third kappa shape index (κ3) is 4.13. The van der Waals surface area contributed by atoms with Gasteiger partial charge in [0.15, 0.2) is 5.71 Å². The predicted octanol–water partition coefficient (Wildman–Crippen LogP) is 2.98. The second kappa shape index (κ2) is 8.15. The van der Waals surface area contributed by atoms with Crippen LogP contribution in [-0.2, 0) is 16.2 Å². The topological polar surface area (TPSA) is 59.9 Å². The van der Waals surface area contributed by atoms with E-state index in [0.29, 0.717) is 12.2 Å². The first-order valence-corrected chi connectivity index (χ1v) is 7.68. The molecule has 5 heteroatoms. The summed E-state index contributed by atoms with van der Waals surface area (Å²) < 4.78 is 5.96. The first-order valence-electron chi connectivity index (χ1n) is 7.68. The van der Waals surface area contributed by atoms with Crippen molar-refractivity contribution in [3.05, 3.63) is 64.7 Å². The number of carbonyl (C=O) groups is 1. The standard InChI is InChI=1S/C19H22N2O3/c1-13-9-10-14(2)17(11-13)24-12-15-7-5-6-8-16(15)18(21-23-4)19(22)20-3/h5-11H,12H2,1-4H3,(H,20,22)/b21-18+. The Hall–Kier alpha value is -2.82. The maximum atomic E-state index is 12.1. The van der Waals surface area contributed by atoms with Crippen LogP contribution in [0.15, 0.2) is 47.6 Å². The van der Waals surface area contributed by atoms with Crippen LogP contribution in [0.1, 0.15) is 22.3 Å². The molecule has 2 aromatic rings. The van der Waals surface area contributed by atoms with Crippen molar-refractivity contribution in [2.75, 3.05) is 14.2 Å². The summed E-state index contributed by atoms with van der Waals surface area (Å²) >= 11 is 0. The second-order valence-electron chi connectivity index (χ2n) is 5.42. The number of amides is 1. The van der Waals surface area contributed by atoms with E-state index in [1.807, 2.05) is 56.3 Å². The number of oxime groups is 1. The fraction of sp³-hybridized carbons (Fsp3) is 0.263. The number of nitrogens with one attached hydrogen (secondary N) is 1. The van der Waals surface area contributed by atoms with Crippen LogP contribution in [0.25, 0.3) is 0 Å². The van der Waals surface area contributed by atoms with Crippen LogP contribution in [0.3, 0.4) is 0 Å². The number of hydrogen-bond donors (Lipinski definition) is 1. The van der Waals surface area contributed by atoms with E-state index in [-0.39, 0.29) is 11.6 Å². The molecular formula is C19H22N2O3. The Balaban J connectivity index is 2.30. The number of carbonyl (C=O) groups excluding carboxylic acids is 1. The first-order chi connectivity index (χ1) is 11.6. The van der Waals surface area contributed by atoms with Crippen LogP contribution in [0.4, 0.5) is 0 Å². The molecule has 0 aromatic heterocycles. The van der Waals surface area contributed by atoms with Gasteiger partial charge in [-0.1, -0.05) is 41.6 Å². The Labute approximate surface area is 142 Å². The van der Waals surface area contributed by atoms with Gasteiger partial charge in [-0.05, 0) is 36.6 Å². The second-order valence-corrected chi connectivity index (χ2v) is 5.42. The van der Waals surface area contributed by atoms with E-state index in [4.69, 9.17) is 9.57 Å². The highest BCUT2D eigenvalue weighted by Gasteiger charge is 2.17. The lowest BCUT2D eigenvalue weighted by Gasteiger charge is -2.13. The summed E-state index contributed by atoms with van der Waals surface area (Å²) in [6, 6.07) is 13.6. The molecule has 126 valence electrons. The van der Waals surface area contributed by atoms with Crippen molar-refractivity contribution in [1.29, 1.82) is 0 Å². The van der Waals surface area contributed by atoms with Crippen molar-refractivity contribution >= 4 is 11.6 Å². The van der Waals surface area contributed by atoms with Gasteiger partial charge >= 0.3 is 0 Å². The fourth-order valence-electron chi connectivity index (χ4n) is 2.32. The average Bonchev–Trinajstić information content (AvgIpc) is 2.60. The van der Waals surface area contributed by atoms with Crippen LogP contribution in [0.5, 0.6) is 5.75 Å². The minimum atomic E-state index is -0.309. The molecule has 2 rings (SSSR count). The third-order valence-electron chi connectivity index (χ3n) is 3.62. The zero-order valence-electron chi connectivity index (χ0n) is 14.4. The molecule has 0 saturated carbocycles. The maximum absolute atomic E-state index is 12.1. The Morgan fingerprint density at radius 1 is 1.17 bits per heavy atom. The fourth-order valence-corrected chi connectivity index (χ4v) is 2.32. The number of likely N-dealkylation sites (N-methyl/N-ethyl adjacent to an activating group) is 1. The van der Waals surface area contributed by atoms with Crippen molar-refractivity contribution in [3.63, 3.8) is 0 Å². The highest BCUT2D eigenvalue weighted by atomic mass is 16.6. The van der Waals surface area contributed by atoms with Crippen molar-refractivity contribution in [2.24, 2.45) is 5.16 Å². The SMILES string of the molecule is CNC(=O)/C(=N/OC)c1ccccc1COc1cc(C)ccc1C. The van der Waals surface area contributed by atoms with Crippen LogP contribution in [0.2, 0.25) is 0 Å². The number of hydrogen-bond acceptors (Lipinski definition) is 4. The summed E-state index contributed by atoms with van der Waals surface area (Å²) in [5.41, 5.74) is 3.97. The van der Waals surface area contributed by atoms with E-state index < -0.39 is 0 Å². The van der Waals surface area contributed by atoms with E-state index in [1.54, 1.807) is 7.05 Å². The van der Waals surface area contributed by atoms with Gasteiger partial charge in [0.05, 0.1) is 0 Å². The predicted molar refractivity (Wildman–Crippen MR) is 94.3 cm³/mol. The van der Waals surface area contributed by atoms with Gasteiger partial charge in [-0.25, -0.2) is 0 Å². The monoisotopic (exact) mass is 326 g/mol. The normalized spacial score (nSPS) is 11.1. The van der Waals surface area contributed by atoms with Crippen molar-refractivity contribution in [1.82, 2.24) is 5.32 Å². The molecule has 2 aromatic carbocycles. The summed E-state index contributed by atoms with van der Waals surface area (Å²) in [6.07, 6.45) is 0. The third-order valence-corrected chi connectivity index (χ3v) is 3.62. The molecule has 0 fully saturated rings. The molecule has 0 atom stereocenters. The van der Waals surface area contributed by atoms with Gasteiger partial charge in [0, 0.05) is 12.6 Å². The van der Waals surface area contributed by atoms with E-state index in [2.05, 4.69) is 10.5 Å². The van der Waals surface area contributed by atoms with Crippen LogP contribution >= 0.6 is 0 Å². The minimum absolute atomic E-state index is 0.222. The van der Waals surface area contributed by atoms with Crippen LogP contribution in [0, 0.1) is 13.8 Å². The lowest BCUT2D eigenvalue weighted by molar-refractivity contribution is -0.114. The molecular weight excluding hydrogens is 304 g/mol. The van der Waals surface area contributed by atoms with Crippen molar-refractivity contribution in [3.8, 4) is 5.75 Å². The van der Waals surface area contributed by atoms with E-state index >= 15 is 0 Å². The smallest absolute Gasteiger partial charge is 0.273 e. The molecule has 24 heavy (non-hydrogen) atoms. The number of rotatable bonds is 6. The highest BCUT2D eigenvalue weighted by molar-refractivity contribution is 6.45. The van der Waals surface area contributed by atoms with Gasteiger partial charge < -0.3 is 14.9 Å². The lowest BCUT2D eigenvalue weighted by Crippen LogP contribution is -2.29. The lowest BCUT2D eigenvalue weighted by atomic mass is 10.0. The molecule has 5 nitrogen and oxygen atoms in total. The van der Waals surface area contributed by atoms with Gasteiger partial charge in [-0.15, -0.1) is 0 Å². The Kier molecular flexibility index (Phi) is 5.95. The maximum Gasteiger partial charge on any atom is 0.273 e. The number of aryl methyl sites for hydroxylation is 2. The summed E-state index contributed by atoms with van der Waals surface area (Å²) in [5.74, 6) is 0.519. The summed E-state index contributed by atoms with van der Waals surface area (Å²) in [5, 5.41) is 6.44. The van der Waals surface area contributed by atoms with Gasteiger partial charge in [-0.2, -0.15) is 0 Å². The van der Waals surface area contributed by atoms with Gasteiger partial charge in [0.25, 0.3) is 5.91 Å². The molecule has 0 aliphatic carbocycles. The Morgan fingerprint density at radius 2 is 1.92 bits per heavy atom. The molecule has 0 bridgehead atoms. The van der Waals surface area contributed by atoms with Gasteiger partial charge in [0.2, 0.25) is 0 Å². The summed E-state index contributed by atoms with van der Waals surface area (Å²) in [6.45, 7) is 4.36. The van der Waals surface area contributed by atoms with E-state index in [1.165, 1.54) is 7.11 Å². The zero-order chi connectivity index (χ0) is 17.5. The van der Waals surface area contributed by atoms with Gasteiger partial charge in [-0.3, -0.25) is 4.79 Å². The van der Waals surface area contributed by atoms with E-state index in [9.17, 15) is 4.79 Å².